The molecular weight excluding hydrogens is 359 g/mol. The molecule has 3 aromatic carbocycles. The number of fused-ring (bicyclic) bond motifs is 2. The largest absolute Gasteiger partial charge is 0.508 e. The maximum absolute atomic E-state index is 13.7. The molecule has 0 amide bonds. The summed E-state index contributed by atoms with van der Waals surface area (Å²) < 4.78 is 14.6. The maximum atomic E-state index is 13.7. The average Bonchev–Trinajstić information content (AvgIpc) is 2.83. The fourth-order valence-electron chi connectivity index (χ4n) is 3.42. The number of hydrogen-bond acceptors (Lipinski definition) is 2. The Morgan fingerprint density at radius 1 is 1.09 bits per heavy atom. The van der Waals surface area contributed by atoms with Gasteiger partial charge in [-0.15, -0.1) is 0 Å². The smallest absolute Gasteiger partial charge is 0.164 e. The summed E-state index contributed by atoms with van der Waals surface area (Å²) in [4.78, 5) is 12.3. The van der Waals surface area contributed by atoms with Crippen molar-refractivity contribution in [3.05, 3.63) is 75.5 Å². The first-order valence-electron chi connectivity index (χ1n) is 7.28. The quantitative estimate of drug-likeness (QED) is 0.641. The molecule has 114 valence electrons. The molecular formula is C19H12BrFO2. The Morgan fingerprint density at radius 3 is 2.74 bits per heavy atom. The van der Waals surface area contributed by atoms with E-state index in [1.807, 2.05) is 24.3 Å². The first-order chi connectivity index (χ1) is 11.0. The number of Topliss-reactive ketones (excluding diaryl/α,β-unsaturated/α-hetero) is 1. The molecule has 0 heterocycles. The first kappa shape index (κ1) is 14.4. The van der Waals surface area contributed by atoms with E-state index in [2.05, 4.69) is 15.9 Å². The van der Waals surface area contributed by atoms with Gasteiger partial charge in [0.05, 0.1) is 0 Å². The van der Waals surface area contributed by atoms with Crippen molar-refractivity contribution in [2.24, 2.45) is 0 Å². The van der Waals surface area contributed by atoms with Crippen LogP contribution in [0.15, 0.2) is 53.0 Å². The lowest BCUT2D eigenvalue weighted by molar-refractivity contribution is 0.0991. The fraction of sp³-hybridized carbons (Fsp3) is 0.105. The van der Waals surface area contributed by atoms with Crippen molar-refractivity contribution in [3.63, 3.8) is 0 Å². The molecule has 0 fully saturated rings. The summed E-state index contributed by atoms with van der Waals surface area (Å²) in [7, 11) is 0. The van der Waals surface area contributed by atoms with Gasteiger partial charge in [-0.2, -0.15) is 0 Å². The highest BCUT2D eigenvalue weighted by atomic mass is 79.9. The monoisotopic (exact) mass is 370 g/mol. The molecule has 1 atom stereocenters. The van der Waals surface area contributed by atoms with Gasteiger partial charge < -0.3 is 5.11 Å². The zero-order chi connectivity index (χ0) is 16.1. The Bertz CT molecular complexity index is 965. The first-order valence-corrected chi connectivity index (χ1v) is 8.07. The zero-order valence-electron chi connectivity index (χ0n) is 12.0. The van der Waals surface area contributed by atoms with E-state index in [0.717, 1.165) is 15.2 Å². The van der Waals surface area contributed by atoms with Gasteiger partial charge in [0, 0.05) is 27.9 Å². The third kappa shape index (κ3) is 2.25. The normalized spacial score (nSPS) is 16.8. The number of carbonyl (C=O) groups excluding carboxylic acids is 1. The number of aromatic hydroxyl groups is 1. The van der Waals surface area contributed by atoms with Gasteiger partial charge in [0.25, 0.3) is 0 Å². The van der Waals surface area contributed by atoms with Gasteiger partial charge in [-0.25, -0.2) is 4.39 Å². The molecule has 1 aliphatic rings. The van der Waals surface area contributed by atoms with Crippen LogP contribution in [-0.4, -0.2) is 10.9 Å². The summed E-state index contributed by atoms with van der Waals surface area (Å²) in [5.41, 5.74) is 1.89. The summed E-state index contributed by atoms with van der Waals surface area (Å²) in [5.74, 6) is -0.572. The topological polar surface area (TPSA) is 37.3 Å². The summed E-state index contributed by atoms with van der Waals surface area (Å²) in [6, 6.07) is 13.5. The highest BCUT2D eigenvalue weighted by Gasteiger charge is 2.33. The van der Waals surface area contributed by atoms with Crippen LogP contribution in [0.3, 0.4) is 0 Å². The third-order valence-corrected chi connectivity index (χ3v) is 4.92. The van der Waals surface area contributed by atoms with Gasteiger partial charge in [-0.3, -0.25) is 4.79 Å². The van der Waals surface area contributed by atoms with Gasteiger partial charge in [0.15, 0.2) is 5.78 Å². The molecule has 0 unspecified atom stereocenters. The lowest BCUT2D eigenvalue weighted by atomic mass is 9.88. The SMILES string of the molecule is O=C1C[C@H](c2c(O)ccc3cc(Br)ccc23)c2cc(F)ccc21. The second-order valence-corrected chi connectivity index (χ2v) is 6.69. The van der Waals surface area contributed by atoms with Crippen molar-refractivity contribution < 1.29 is 14.3 Å². The van der Waals surface area contributed by atoms with E-state index >= 15 is 0 Å². The van der Waals surface area contributed by atoms with Crippen molar-refractivity contribution in [2.45, 2.75) is 12.3 Å². The molecule has 23 heavy (non-hydrogen) atoms. The van der Waals surface area contributed by atoms with Gasteiger partial charge in [-0.05, 0) is 52.7 Å². The van der Waals surface area contributed by atoms with E-state index in [-0.39, 0.29) is 29.7 Å². The molecule has 1 N–H and O–H groups in total. The van der Waals surface area contributed by atoms with Crippen molar-refractivity contribution in [3.8, 4) is 5.75 Å². The Hall–Kier alpha value is -2.20. The van der Waals surface area contributed by atoms with Crippen molar-refractivity contribution in [2.75, 3.05) is 0 Å². The third-order valence-electron chi connectivity index (χ3n) is 4.43. The predicted molar refractivity (Wildman–Crippen MR) is 90.5 cm³/mol. The highest BCUT2D eigenvalue weighted by molar-refractivity contribution is 9.10. The molecule has 0 radical (unpaired) electrons. The molecule has 4 heteroatoms. The molecule has 4 rings (SSSR count). The second kappa shape index (κ2) is 5.17. The van der Waals surface area contributed by atoms with Crippen molar-refractivity contribution >= 4 is 32.5 Å². The minimum atomic E-state index is -0.370. The maximum Gasteiger partial charge on any atom is 0.164 e. The summed E-state index contributed by atoms with van der Waals surface area (Å²) >= 11 is 3.44. The molecule has 0 aromatic heterocycles. The predicted octanol–water partition coefficient (Wildman–Crippen LogP) is 5.17. The number of halogens is 2. The van der Waals surface area contributed by atoms with Crippen LogP contribution >= 0.6 is 15.9 Å². The Balaban J connectivity index is 2.00. The number of phenolic OH excluding ortho intramolecular Hbond substituents is 1. The van der Waals surface area contributed by atoms with E-state index < -0.39 is 0 Å². The van der Waals surface area contributed by atoms with Crippen LogP contribution in [0.25, 0.3) is 10.8 Å². The Morgan fingerprint density at radius 2 is 1.91 bits per heavy atom. The molecule has 0 bridgehead atoms. The number of benzene rings is 3. The summed E-state index contributed by atoms with van der Waals surface area (Å²) in [6.07, 6.45) is 0.252. The lowest BCUT2D eigenvalue weighted by Gasteiger charge is -2.16. The van der Waals surface area contributed by atoms with Crippen LogP contribution in [0, 0.1) is 5.82 Å². The van der Waals surface area contributed by atoms with E-state index in [1.54, 1.807) is 6.07 Å². The number of hydrogen-bond donors (Lipinski definition) is 1. The second-order valence-electron chi connectivity index (χ2n) is 5.78. The van der Waals surface area contributed by atoms with Crippen LogP contribution in [0.1, 0.15) is 33.8 Å². The van der Waals surface area contributed by atoms with Crippen LogP contribution in [0.2, 0.25) is 0 Å². The van der Waals surface area contributed by atoms with E-state index in [4.69, 9.17) is 0 Å². The van der Waals surface area contributed by atoms with Crippen LogP contribution in [0.4, 0.5) is 4.39 Å². The Labute approximate surface area is 140 Å². The number of carbonyl (C=O) groups is 1. The van der Waals surface area contributed by atoms with Crippen molar-refractivity contribution in [1.29, 1.82) is 0 Å². The van der Waals surface area contributed by atoms with Crippen LogP contribution in [-0.2, 0) is 0 Å². The van der Waals surface area contributed by atoms with Crippen LogP contribution < -0.4 is 0 Å². The molecule has 0 aliphatic heterocycles. The average molecular weight is 371 g/mol. The lowest BCUT2D eigenvalue weighted by Crippen LogP contribution is -1.99. The van der Waals surface area contributed by atoms with Gasteiger partial charge >= 0.3 is 0 Å². The standard InChI is InChI=1S/C19H12BrFO2/c20-11-2-4-13-10(7-11)1-6-17(22)19(13)16-9-18(23)14-5-3-12(21)8-15(14)16/h1-8,16,22H,9H2/t16-/m0/s1. The number of ketones is 1. The minimum absolute atomic E-state index is 0.0153. The Kier molecular flexibility index (Phi) is 3.23. The van der Waals surface area contributed by atoms with Gasteiger partial charge in [0.2, 0.25) is 0 Å². The van der Waals surface area contributed by atoms with Crippen molar-refractivity contribution in [1.82, 2.24) is 0 Å². The van der Waals surface area contributed by atoms with Crippen LogP contribution in [0.5, 0.6) is 5.75 Å². The van der Waals surface area contributed by atoms with Gasteiger partial charge in [-0.1, -0.05) is 28.1 Å². The molecule has 3 aromatic rings. The molecule has 0 spiro atoms. The fourth-order valence-corrected chi connectivity index (χ4v) is 3.80. The summed E-state index contributed by atoms with van der Waals surface area (Å²) in [6.45, 7) is 0. The molecule has 1 aliphatic carbocycles. The molecule has 0 saturated heterocycles. The number of rotatable bonds is 1. The number of phenols is 1. The molecule has 0 saturated carbocycles. The van der Waals surface area contributed by atoms with Gasteiger partial charge in [0.1, 0.15) is 11.6 Å². The zero-order valence-corrected chi connectivity index (χ0v) is 13.6. The van der Waals surface area contributed by atoms with E-state index in [9.17, 15) is 14.3 Å². The molecule has 2 nitrogen and oxygen atoms in total. The summed E-state index contributed by atoms with van der Waals surface area (Å²) in [5, 5.41) is 12.2. The minimum Gasteiger partial charge on any atom is -0.508 e. The van der Waals surface area contributed by atoms with E-state index in [1.165, 1.54) is 18.2 Å². The highest BCUT2D eigenvalue weighted by Crippen LogP contribution is 2.44. The van der Waals surface area contributed by atoms with E-state index in [0.29, 0.717) is 16.7 Å².